The summed E-state index contributed by atoms with van der Waals surface area (Å²) in [6, 6.07) is 16.7. The normalized spacial score (nSPS) is 12.6. The lowest BCUT2D eigenvalue weighted by Gasteiger charge is -2.20. The molecule has 0 aliphatic carbocycles. The minimum atomic E-state index is 0.173. The summed E-state index contributed by atoms with van der Waals surface area (Å²) < 4.78 is 22.3. The third kappa shape index (κ3) is 16.2. The van der Waals surface area contributed by atoms with Gasteiger partial charge in [-0.05, 0) is 57.1 Å². The first-order valence-electron chi connectivity index (χ1n) is 14.0. The first kappa shape index (κ1) is 34.1. The lowest BCUT2D eigenvalue weighted by atomic mass is 9.87. The van der Waals surface area contributed by atoms with Crippen molar-refractivity contribution in [2.45, 2.75) is 93.9 Å². The molecule has 0 unspecified atom stereocenters. The molecule has 0 fully saturated rings. The van der Waals surface area contributed by atoms with Gasteiger partial charge in [0, 0.05) is 0 Å². The summed E-state index contributed by atoms with van der Waals surface area (Å²) in [5.41, 5.74) is 3.45. The number of hydrogen-bond acceptors (Lipinski definition) is 4. The van der Waals surface area contributed by atoms with Crippen LogP contribution in [0.4, 0.5) is 0 Å². The van der Waals surface area contributed by atoms with Crippen LogP contribution in [0.15, 0.2) is 48.5 Å². The van der Waals surface area contributed by atoms with Gasteiger partial charge in [0.15, 0.2) is 0 Å². The average molecular weight is 529 g/mol. The molecule has 0 atom stereocenters. The minimum absolute atomic E-state index is 0.173. The predicted molar refractivity (Wildman–Crippen MR) is 162 cm³/mol. The number of benzene rings is 2. The van der Waals surface area contributed by atoms with E-state index in [2.05, 4.69) is 107 Å². The van der Waals surface area contributed by atoms with Crippen LogP contribution in [-0.4, -0.2) is 39.6 Å². The molecule has 0 aliphatic heterocycles. The summed E-state index contributed by atoms with van der Waals surface area (Å²) in [4.78, 5) is 0. The molecule has 2 aromatic carbocycles. The van der Waals surface area contributed by atoms with Crippen molar-refractivity contribution < 1.29 is 18.9 Å². The van der Waals surface area contributed by atoms with E-state index in [1.165, 1.54) is 11.1 Å². The first-order valence-corrected chi connectivity index (χ1v) is 14.0. The Morgan fingerprint density at radius 2 is 0.711 bits per heavy atom. The van der Waals surface area contributed by atoms with Gasteiger partial charge in [-0.25, -0.2) is 0 Å². The van der Waals surface area contributed by atoms with Gasteiger partial charge in [0.1, 0.15) is 11.5 Å². The molecular weight excluding hydrogens is 472 g/mol. The molecule has 38 heavy (non-hydrogen) atoms. The molecule has 4 heteroatoms. The summed E-state index contributed by atoms with van der Waals surface area (Å²) in [6.07, 6.45) is 0. The van der Waals surface area contributed by atoms with Crippen LogP contribution in [-0.2, 0) is 25.0 Å². The monoisotopic (exact) mass is 528 g/mol. The van der Waals surface area contributed by atoms with Crippen molar-refractivity contribution in [3.63, 3.8) is 0 Å². The van der Waals surface area contributed by atoms with Gasteiger partial charge in [0.05, 0.1) is 39.6 Å². The molecule has 4 nitrogen and oxygen atoms in total. The van der Waals surface area contributed by atoms with Gasteiger partial charge < -0.3 is 18.9 Å². The Bertz CT molecular complexity index is 811. The van der Waals surface area contributed by atoms with E-state index < -0.39 is 0 Å². The van der Waals surface area contributed by atoms with Crippen molar-refractivity contribution in [2.24, 2.45) is 10.8 Å². The Labute approximate surface area is 234 Å². The molecule has 216 valence electrons. The fourth-order valence-corrected chi connectivity index (χ4v) is 3.28. The molecule has 0 heterocycles. The van der Waals surface area contributed by atoms with Crippen LogP contribution < -0.4 is 4.74 Å². The van der Waals surface area contributed by atoms with Gasteiger partial charge in [-0.15, -0.1) is 0 Å². The van der Waals surface area contributed by atoms with Gasteiger partial charge in [0.25, 0.3) is 0 Å². The Morgan fingerprint density at radius 1 is 0.421 bits per heavy atom. The quantitative estimate of drug-likeness (QED) is 0.288. The molecule has 2 rings (SSSR count). The maximum atomic E-state index is 5.91. The van der Waals surface area contributed by atoms with E-state index in [-0.39, 0.29) is 21.7 Å². The van der Waals surface area contributed by atoms with Crippen LogP contribution in [0.3, 0.4) is 0 Å². The Balaban J connectivity index is 0.000000391. The zero-order valence-electron chi connectivity index (χ0n) is 26.5. The molecule has 0 saturated carbocycles. The lowest BCUT2D eigenvalue weighted by molar-refractivity contribution is -0.0107. The zero-order chi connectivity index (χ0) is 29.0. The molecule has 0 amide bonds. The van der Waals surface area contributed by atoms with Crippen molar-refractivity contribution in [1.82, 2.24) is 0 Å². The van der Waals surface area contributed by atoms with Crippen LogP contribution >= 0.6 is 0 Å². The SMILES string of the molecule is CC(C)(C)COCCOCCOCC(C)(C)C.CC(C)(C)c1ccc(Oc2ccc(C(C)(C)C)cc2)cc1. The topological polar surface area (TPSA) is 36.9 Å². The molecule has 0 spiro atoms. The summed E-state index contributed by atoms with van der Waals surface area (Å²) in [7, 11) is 0. The lowest BCUT2D eigenvalue weighted by Crippen LogP contribution is -2.19. The molecule has 0 radical (unpaired) electrons. The van der Waals surface area contributed by atoms with Gasteiger partial charge in [-0.2, -0.15) is 0 Å². The maximum Gasteiger partial charge on any atom is 0.127 e. The second-order valence-corrected chi connectivity index (χ2v) is 14.5. The fourth-order valence-electron chi connectivity index (χ4n) is 3.28. The van der Waals surface area contributed by atoms with Crippen LogP contribution in [0.25, 0.3) is 0 Å². The van der Waals surface area contributed by atoms with E-state index in [1.54, 1.807) is 0 Å². The molecule has 0 aromatic heterocycles. The third-order valence-corrected chi connectivity index (χ3v) is 5.49. The predicted octanol–water partition coefficient (Wildman–Crippen LogP) is 9.20. The Hall–Kier alpha value is -1.88. The summed E-state index contributed by atoms with van der Waals surface area (Å²) in [5, 5.41) is 0. The summed E-state index contributed by atoms with van der Waals surface area (Å²) in [5.74, 6) is 1.76. The van der Waals surface area contributed by atoms with Crippen LogP contribution in [0, 0.1) is 10.8 Å². The van der Waals surface area contributed by atoms with Gasteiger partial charge >= 0.3 is 0 Å². The highest BCUT2D eigenvalue weighted by Gasteiger charge is 2.15. The molecule has 0 bridgehead atoms. The highest BCUT2D eigenvalue weighted by atomic mass is 16.5. The Morgan fingerprint density at radius 3 is 0.974 bits per heavy atom. The van der Waals surface area contributed by atoms with Crippen LogP contribution in [0.5, 0.6) is 11.5 Å². The second kappa shape index (κ2) is 15.1. The number of ether oxygens (including phenoxy) is 4. The molecular formula is C34H56O4. The van der Waals surface area contributed by atoms with E-state index >= 15 is 0 Å². The van der Waals surface area contributed by atoms with E-state index in [4.69, 9.17) is 18.9 Å². The van der Waals surface area contributed by atoms with Crippen molar-refractivity contribution in [3.8, 4) is 11.5 Å². The van der Waals surface area contributed by atoms with Gasteiger partial charge in [-0.3, -0.25) is 0 Å². The molecule has 0 saturated heterocycles. The minimum Gasteiger partial charge on any atom is -0.457 e. The number of rotatable bonds is 10. The molecule has 2 aromatic rings. The van der Waals surface area contributed by atoms with Crippen molar-refractivity contribution in [1.29, 1.82) is 0 Å². The van der Waals surface area contributed by atoms with E-state index in [9.17, 15) is 0 Å². The maximum absolute atomic E-state index is 5.91. The average Bonchev–Trinajstić information content (AvgIpc) is 2.76. The fraction of sp³-hybridized carbons (Fsp3) is 0.647. The summed E-state index contributed by atoms with van der Waals surface area (Å²) in [6.45, 7) is 30.4. The molecule has 0 N–H and O–H groups in total. The Kier molecular flexibility index (Phi) is 13.5. The third-order valence-electron chi connectivity index (χ3n) is 5.49. The van der Waals surface area contributed by atoms with Crippen molar-refractivity contribution >= 4 is 0 Å². The second-order valence-electron chi connectivity index (χ2n) is 14.5. The summed E-state index contributed by atoms with van der Waals surface area (Å²) >= 11 is 0. The largest absolute Gasteiger partial charge is 0.457 e. The zero-order valence-corrected chi connectivity index (χ0v) is 26.5. The van der Waals surface area contributed by atoms with Gasteiger partial charge in [-0.1, -0.05) is 107 Å². The first-order chi connectivity index (χ1) is 17.4. The van der Waals surface area contributed by atoms with Crippen molar-refractivity contribution in [3.05, 3.63) is 59.7 Å². The van der Waals surface area contributed by atoms with E-state index in [0.717, 1.165) is 24.7 Å². The number of hydrogen-bond donors (Lipinski definition) is 0. The van der Waals surface area contributed by atoms with Crippen molar-refractivity contribution in [2.75, 3.05) is 39.6 Å². The van der Waals surface area contributed by atoms with Crippen LogP contribution in [0.2, 0.25) is 0 Å². The van der Waals surface area contributed by atoms with Gasteiger partial charge in [0.2, 0.25) is 0 Å². The van der Waals surface area contributed by atoms with E-state index in [0.29, 0.717) is 26.4 Å². The standard InChI is InChI=1S/C20H26O.C14H30O3/c1-19(2,3)15-7-11-17(12-8-15)21-18-13-9-16(10-14-18)20(4,5)6;1-13(2,3)11-16-9-7-15-8-10-17-12-14(4,5)6/h7-14H,1-6H3;7-12H2,1-6H3. The van der Waals surface area contributed by atoms with Crippen LogP contribution in [0.1, 0.15) is 94.2 Å². The highest BCUT2D eigenvalue weighted by molar-refractivity contribution is 5.37. The molecule has 0 aliphatic rings. The smallest absolute Gasteiger partial charge is 0.127 e. The van der Waals surface area contributed by atoms with E-state index in [1.807, 2.05) is 24.3 Å². The highest BCUT2D eigenvalue weighted by Crippen LogP contribution is 2.29.